The molecule has 0 heterocycles. The van der Waals surface area contributed by atoms with Crippen LogP contribution in [-0.2, 0) is 38.2 Å². The number of aliphatic hydroxyl groups excluding tert-OH is 1. The Morgan fingerprint density at radius 2 is 1.00 bits per heavy atom. The molecule has 284 valence electrons. The van der Waals surface area contributed by atoms with Crippen molar-refractivity contribution in [3.63, 3.8) is 0 Å². The number of carbonyl (C=O) groups excluding carboxylic acids is 6. The van der Waals surface area contributed by atoms with Crippen molar-refractivity contribution in [1.29, 1.82) is 0 Å². The van der Waals surface area contributed by atoms with Crippen molar-refractivity contribution in [3.8, 4) is 0 Å². The van der Waals surface area contributed by atoms with E-state index in [1.807, 2.05) is 6.92 Å². The van der Waals surface area contributed by atoms with Crippen molar-refractivity contribution in [3.05, 3.63) is 48.6 Å². The Morgan fingerprint density at radius 3 is 1.23 bits per heavy atom. The number of amides is 2. The first-order valence-corrected chi connectivity index (χ1v) is 12.3. The van der Waals surface area contributed by atoms with E-state index in [4.69, 9.17) is 5.11 Å². The molecule has 0 aromatic carbocycles. The largest absolute Gasteiger partial charge is 0.460 e. The second-order valence-corrected chi connectivity index (χ2v) is 9.28. The summed E-state index contributed by atoms with van der Waals surface area (Å²) in [4.78, 5) is 63.8. The second-order valence-electron chi connectivity index (χ2n) is 9.28. The van der Waals surface area contributed by atoms with E-state index >= 15 is 0 Å². The van der Waals surface area contributed by atoms with E-state index < -0.39 is 23.6 Å². The van der Waals surface area contributed by atoms with Crippen molar-refractivity contribution in [2.75, 3.05) is 13.3 Å². The van der Waals surface area contributed by atoms with Crippen molar-refractivity contribution in [1.82, 2.24) is 10.6 Å². The summed E-state index contributed by atoms with van der Waals surface area (Å²) in [5, 5.41) is 13.9. The van der Waals surface area contributed by atoms with Crippen molar-refractivity contribution < 1.29 is 43.3 Å². The molecule has 0 bridgehead atoms. The fraction of sp³-hybridized carbons (Fsp3) is 0.611. The number of nitrogens with one attached hydrogen (secondary N) is 2. The van der Waals surface area contributed by atoms with Gasteiger partial charge >= 0.3 is 11.9 Å². The second kappa shape index (κ2) is 40.2. The first-order valence-electron chi connectivity index (χ1n) is 12.3. The maximum atomic E-state index is 11.1. The molecule has 11 nitrogen and oxygen atoms in total. The van der Waals surface area contributed by atoms with Gasteiger partial charge < -0.3 is 25.2 Å². The van der Waals surface area contributed by atoms with Gasteiger partial charge in [0.05, 0.1) is 11.6 Å². The number of allylic oxidation sites excluding steroid dienone is 1. The van der Waals surface area contributed by atoms with Gasteiger partial charge in [-0.25, -0.2) is 9.59 Å². The van der Waals surface area contributed by atoms with Crippen molar-refractivity contribution in [2.45, 2.75) is 139 Å². The maximum Gasteiger partial charge on any atom is 0.334 e. The number of Topliss-reactive ketones (excluding diaryl/α,β-unsaturated/α-hetero) is 2. The summed E-state index contributed by atoms with van der Waals surface area (Å²) >= 11 is 0. The zero-order valence-electron chi connectivity index (χ0n) is 25.7. The molecule has 3 N–H and O–H groups in total. The third-order valence-electron chi connectivity index (χ3n) is 4.39. The molecule has 1 atom stereocenters. The van der Waals surface area contributed by atoms with Crippen LogP contribution in [0.4, 0.5) is 0 Å². The Hall–Kier alpha value is -3.86. The number of aliphatic hydroxyl groups is 1. The lowest BCUT2D eigenvalue weighted by molar-refractivity contribution is -0.142. The summed E-state index contributed by atoms with van der Waals surface area (Å²) in [7, 11) is 0. The molecule has 0 aliphatic rings. The molecule has 0 rings (SSSR count). The average molecular weight is 681 g/mol. The summed E-state index contributed by atoms with van der Waals surface area (Å²) in [6, 6.07) is 0. The molecule has 0 aliphatic heterocycles. The molecule has 0 aromatic rings. The summed E-state index contributed by atoms with van der Waals surface area (Å²) in [5.41, 5.74) is 0.902. The molecule has 0 fully saturated rings. The number of rotatable bonds is 11. The SMILES string of the molecule is C.C.C.C.C.C.C.C=C(C)C(=O)NC(C)(C)C(C)=O.C=C(C)C(=O)OCC(O)CC.C=C(C)C(=O)OCNC(C)=O.C=C(C)C(C)=O. The van der Waals surface area contributed by atoms with Crippen LogP contribution in [0.3, 0.4) is 0 Å². The normalized spacial score (nSPS) is 8.57. The first kappa shape index (κ1) is 74.2. The lowest BCUT2D eigenvalue weighted by atomic mass is 10.0. The smallest absolute Gasteiger partial charge is 0.334 e. The molecule has 11 heteroatoms. The van der Waals surface area contributed by atoms with Crippen LogP contribution < -0.4 is 10.6 Å². The van der Waals surface area contributed by atoms with Gasteiger partial charge in [0.15, 0.2) is 18.3 Å². The number of hydrogen-bond donors (Lipinski definition) is 3. The molecular weight excluding hydrogens is 604 g/mol. The van der Waals surface area contributed by atoms with Crippen LogP contribution in [-0.4, -0.2) is 65.4 Å². The van der Waals surface area contributed by atoms with Crippen LogP contribution >= 0.6 is 0 Å². The van der Waals surface area contributed by atoms with Crippen LogP contribution in [0, 0.1) is 0 Å². The van der Waals surface area contributed by atoms with E-state index in [0.717, 1.165) is 0 Å². The third-order valence-corrected chi connectivity index (χ3v) is 4.39. The van der Waals surface area contributed by atoms with E-state index in [9.17, 15) is 28.8 Å². The summed E-state index contributed by atoms with van der Waals surface area (Å²) in [6.07, 6.45) is 0.0296. The van der Waals surface area contributed by atoms with Gasteiger partial charge in [0.25, 0.3) is 0 Å². The average Bonchev–Trinajstić information content (AvgIpc) is 2.82. The lowest BCUT2D eigenvalue weighted by Gasteiger charge is -2.22. The molecule has 0 aliphatic carbocycles. The Balaban J connectivity index is -0.0000000397. The topological polar surface area (TPSA) is 165 Å². The number of ketones is 2. The van der Waals surface area contributed by atoms with E-state index in [1.165, 1.54) is 27.7 Å². The Labute approximate surface area is 290 Å². The molecule has 2 amide bonds. The number of hydrogen-bond acceptors (Lipinski definition) is 9. The van der Waals surface area contributed by atoms with E-state index in [2.05, 4.69) is 46.4 Å². The third kappa shape index (κ3) is 52.0. The molecule has 0 aromatic heterocycles. The molecule has 0 radical (unpaired) electrons. The molecule has 47 heavy (non-hydrogen) atoms. The fourth-order valence-electron chi connectivity index (χ4n) is 1.22. The molecular formula is C36H76N2O9. The molecule has 1 unspecified atom stereocenters. The van der Waals surface area contributed by atoms with Crippen LogP contribution in [0.2, 0.25) is 0 Å². The van der Waals surface area contributed by atoms with Gasteiger partial charge in [0.1, 0.15) is 6.61 Å². The van der Waals surface area contributed by atoms with Gasteiger partial charge in [-0.15, -0.1) is 0 Å². The Morgan fingerprint density at radius 1 is 0.660 bits per heavy atom. The van der Waals surface area contributed by atoms with E-state index in [1.54, 1.807) is 34.6 Å². The summed E-state index contributed by atoms with van der Waals surface area (Å²) in [6.45, 7) is 29.4. The Bertz CT molecular complexity index is 938. The quantitative estimate of drug-likeness (QED) is 0.112. The highest BCUT2D eigenvalue weighted by Gasteiger charge is 2.25. The van der Waals surface area contributed by atoms with Crippen LogP contribution in [0.1, 0.15) is 128 Å². The highest BCUT2D eigenvalue weighted by molar-refractivity contribution is 5.97. The standard InChI is InChI=1S/C9H15NO2.C8H14O3.C7H11NO3.C5H8O.7CH4/c1-6(2)8(12)10-9(4,5)7(3)11;1-4-7(9)5-11-8(10)6(2)3;1-5(2)7(10)11-4-8-6(3)9;1-4(2)5(3)6;;;;;;;/h1H2,2-5H3,(H,10,12);7,9H,2,4-5H2,1,3H3;1,4H2,2-3H3,(H,8,9);1H2,2-3H3;7*1H4. The number of carbonyl (C=O) groups is 6. The molecule has 0 saturated heterocycles. The van der Waals surface area contributed by atoms with Crippen LogP contribution in [0.15, 0.2) is 48.6 Å². The zero-order chi connectivity index (χ0) is 32.8. The zero-order valence-corrected chi connectivity index (χ0v) is 25.7. The van der Waals surface area contributed by atoms with E-state index in [0.29, 0.717) is 28.7 Å². The number of esters is 2. The van der Waals surface area contributed by atoms with Gasteiger partial charge in [-0.05, 0) is 67.4 Å². The predicted octanol–water partition coefficient (Wildman–Crippen LogP) is 7.73. The number of ether oxygens (including phenoxy) is 2. The first-order chi connectivity index (χ1) is 18.0. The minimum absolute atomic E-state index is 0. The van der Waals surface area contributed by atoms with Gasteiger partial charge in [-0.1, -0.05) is 85.2 Å². The molecule has 0 saturated carbocycles. The minimum atomic E-state index is -0.796. The minimum Gasteiger partial charge on any atom is -0.460 e. The van der Waals surface area contributed by atoms with E-state index in [-0.39, 0.29) is 88.7 Å². The maximum absolute atomic E-state index is 11.1. The van der Waals surface area contributed by atoms with Crippen molar-refractivity contribution >= 4 is 35.3 Å². The summed E-state index contributed by atoms with van der Waals surface area (Å²) in [5.74, 6) is -1.47. The van der Waals surface area contributed by atoms with Crippen LogP contribution in [0.25, 0.3) is 0 Å². The predicted molar refractivity (Wildman–Crippen MR) is 202 cm³/mol. The van der Waals surface area contributed by atoms with Gasteiger partial charge in [0, 0.05) is 23.6 Å². The van der Waals surface area contributed by atoms with Crippen molar-refractivity contribution in [2.24, 2.45) is 0 Å². The van der Waals surface area contributed by atoms with Gasteiger partial charge in [0.2, 0.25) is 11.8 Å². The highest BCUT2D eigenvalue weighted by atomic mass is 16.5. The summed E-state index contributed by atoms with van der Waals surface area (Å²) < 4.78 is 9.21. The highest BCUT2D eigenvalue weighted by Crippen LogP contribution is 2.04. The monoisotopic (exact) mass is 681 g/mol. The van der Waals surface area contributed by atoms with Crippen LogP contribution in [0.5, 0.6) is 0 Å². The molecule has 0 spiro atoms. The van der Waals surface area contributed by atoms with Gasteiger partial charge in [-0.2, -0.15) is 0 Å². The fourth-order valence-corrected chi connectivity index (χ4v) is 1.22. The Kier molecular flexibility index (Phi) is 63.4. The lowest BCUT2D eigenvalue weighted by Crippen LogP contribution is -2.48. The van der Waals surface area contributed by atoms with Gasteiger partial charge in [-0.3, -0.25) is 19.2 Å².